The number of nitrogens with one attached hydrogen (secondary N) is 1. The molecule has 4 rings (SSSR count). The largest absolute Gasteiger partial charge is 0.478 e. The lowest BCUT2D eigenvalue weighted by Gasteiger charge is -2.15. The molecule has 2 heterocycles. The van der Waals surface area contributed by atoms with Gasteiger partial charge in [0.15, 0.2) is 0 Å². The van der Waals surface area contributed by atoms with Crippen molar-refractivity contribution in [1.29, 1.82) is 0 Å². The molecular weight excluding hydrogens is 320 g/mol. The van der Waals surface area contributed by atoms with Gasteiger partial charge in [0.25, 0.3) is 0 Å². The second-order valence-electron chi connectivity index (χ2n) is 5.97. The third-order valence-electron chi connectivity index (χ3n) is 4.49. The number of anilines is 1. The van der Waals surface area contributed by atoms with Crippen molar-refractivity contribution in [3.63, 3.8) is 0 Å². The van der Waals surface area contributed by atoms with Crippen LogP contribution in [0.3, 0.4) is 0 Å². The number of hydrogen-bond donors (Lipinski definition) is 2. The number of amides is 2. The minimum atomic E-state index is -1.10. The number of fused-ring (bicyclic) bond motifs is 1. The number of carboxylic acid groups (broad SMARTS) is 1. The number of rotatable bonds is 3. The SMILES string of the molecule is O=C(O)c1cccc(N2C(=O)CC(c3c[nH]c4ccccc34)C2=O)c1. The average molecular weight is 334 g/mol. The number of H-pyrrole nitrogens is 1. The van der Waals surface area contributed by atoms with E-state index in [0.29, 0.717) is 0 Å². The van der Waals surface area contributed by atoms with Crippen LogP contribution in [0.15, 0.2) is 54.7 Å². The second kappa shape index (κ2) is 5.59. The van der Waals surface area contributed by atoms with E-state index in [2.05, 4.69) is 4.98 Å². The summed E-state index contributed by atoms with van der Waals surface area (Å²) in [6, 6.07) is 13.5. The number of imide groups is 1. The first-order valence-corrected chi connectivity index (χ1v) is 7.82. The van der Waals surface area contributed by atoms with Crippen LogP contribution in [-0.2, 0) is 9.59 Å². The lowest BCUT2D eigenvalue weighted by molar-refractivity contribution is -0.121. The number of carbonyl (C=O) groups excluding carboxylic acids is 2. The molecule has 0 spiro atoms. The summed E-state index contributed by atoms with van der Waals surface area (Å²) in [5.74, 6) is -2.34. The quantitative estimate of drug-likeness (QED) is 0.721. The number of nitrogens with zero attached hydrogens (tertiary/aromatic N) is 1. The van der Waals surface area contributed by atoms with Crippen molar-refractivity contribution in [3.05, 3.63) is 65.9 Å². The first kappa shape index (κ1) is 15.1. The molecule has 1 aliphatic heterocycles. The third kappa shape index (κ3) is 2.39. The number of aromatic nitrogens is 1. The lowest BCUT2D eigenvalue weighted by atomic mass is 9.97. The van der Waals surface area contributed by atoms with Gasteiger partial charge in [-0.15, -0.1) is 0 Å². The number of hydrogen-bond acceptors (Lipinski definition) is 3. The van der Waals surface area contributed by atoms with Crippen LogP contribution in [0.2, 0.25) is 0 Å². The van der Waals surface area contributed by atoms with Gasteiger partial charge in [0, 0.05) is 23.5 Å². The second-order valence-corrected chi connectivity index (χ2v) is 5.97. The first-order valence-electron chi connectivity index (χ1n) is 7.82. The Balaban J connectivity index is 1.73. The molecule has 124 valence electrons. The summed E-state index contributed by atoms with van der Waals surface area (Å²) in [4.78, 5) is 40.7. The molecule has 6 heteroatoms. The minimum absolute atomic E-state index is 0.0358. The van der Waals surface area contributed by atoms with Crippen LogP contribution in [0, 0.1) is 0 Å². The van der Waals surface area contributed by atoms with Crippen molar-refractivity contribution in [2.45, 2.75) is 12.3 Å². The van der Waals surface area contributed by atoms with Crippen LogP contribution in [0.1, 0.15) is 28.3 Å². The molecular formula is C19H14N2O4. The van der Waals surface area contributed by atoms with Gasteiger partial charge in [0.2, 0.25) is 11.8 Å². The van der Waals surface area contributed by atoms with E-state index in [4.69, 9.17) is 5.11 Å². The Kier molecular flexibility index (Phi) is 3.39. The van der Waals surface area contributed by atoms with Crippen molar-refractivity contribution < 1.29 is 19.5 Å². The highest BCUT2D eigenvalue weighted by Crippen LogP contribution is 2.36. The first-order chi connectivity index (χ1) is 12.1. The van der Waals surface area contributed by atoms with Crippen LogP contribution in [-0.4, -0.2) is 27.9 Å². The van der Waals surface area contributed by atoms with Crippen LogP contribution in [0.5, 0.6) is 0 Å². The molecule has 1 aliphatic rings. The Labute approximate surface area is 142 Å². The van der Waals surface area contributed by atoms with E-state index in [-0.39, 0.29) is 29.5 Å². The fourth-order valence-corrected chi connectivity index (χ4v) is 3.31. The van der Waals surface area contributed by atoms with Gasteiger partial charge in [-0.1, -0.05) is 24.3 Å². The van der Waals surface area contributed by atoms with Crippen molar-refractivity contribution in [1.82, 2.24) is 4.98 Å². The van der Waals surface area contributed by atoms with Crippen LogP contribution in [0.25, 0.3) is 10.9 Å². The number of carboxylic acids is 1. The average Bonchev–Trinajstić information content (AvgIpc) is 3.15. The number of aromatic carboxylic acids is 1. The van der Waals surface area contributed by atoms with Crippen molar-refractivity contribution >= 4 is 34.4 Å². The number of carbonyl (C=O) groups is 3. The predicted octanol–water partition coefficient (Wildman–Crippen LogP) is 2.91. The molecule has 0 bridgehead atoms. The maximum atomic E-state index is 12.9. The molecule has 2 N–H and O–H groups in total. The summed E-state index contributed by atoms with van der Waals surface area (Å²) >= 11 is 0. The molecule has 0 radical (unpaired) electrons. The van der Waals surface area contributed by atoms with Gasteiger partial charge in [-0.2, -0.15) is 0 Å². The van der Waals surface area contributed by atoms with E-state index in [9.17, 15) is 14.4 Å². The molecule has 25 heavy (non-hydrogen) atoms. The van der Waals surface area contributed by atoms with E-state index in [1.165, 1.54) is 18.2 Å². The van der Waals surface area contributed by atoms with Gasteiger partial charge >= 0.3 is 5.97 Å². The molecule has 1 unspecified atom stereocenters. The monoisotopic (exact) mass is 334 g/mol. The Morgan fingerprint density at radius 1 is 1.12 bits per heavy atom. The van der Waals surface area contributed by atoms with Gasteiger partial charge in [-0.25, -0.2) is 9.69 Å². The van der Waals surface area contributed by atoms with Crippen molar-refractivity contribution in [2.24, 2.45) is 0 Å². The van der Waals surface area contributed by atoms with Gasteiger partial charge < -0.3 is 10.1 Å². The fraction of sp³-hybridized carbons (Fsp3) is 0.105. The highest BCUT2D eigenvalue weighted by molar-refractivity contribution is 6.23. The summed E-state index contributed by atoms with van der Waals surface area (Å²) in [5.41, 5.74) is 2.01. The molecule has 2 amide bonds. The molecule has 1 atom stereocenters. The fourth-order valence-electron chi connectivity index (χ4n) is 3.31. The van der Waals surface area contributed by atoms with Crippen molar-refractivity contribution in [3.8, 4) is 0 Å². The molecule has 3 aromatic rings. The third-order valence-corrected chi connectivity index (χ3v) is 4.49. The summed E-state index contributed by atoms with van der Waals surface area (Å²) in [7, 11) is 0. The molecule has 1 aromatic heterocycles. The minimum Gasteiger partial charge on any atom is -0.478 e. The van der Waals surface area contributed by atoms with Crippen molar-refractivity contribution in [2.75, 3.05) is 4.90 Å². The normalized spacial score (nSPS) is 17.4. The highest BCUT2D eigenvalue weighted by atomic mass is 16.4. The maximum Gasteiger partial charge on any atom is 0.335 e. The van der Waals surface area contributed by atoms with E-state index in [1.54, 1.807) is 12.3 Å². The molecule has 0 saturated carbocycles. The standard InChI is InChI=1S/C19H14N2O4/c22-17-9-14(15-10-20-16-7-2-1-6-13(15)16)18(23)21(17)12-5-3-4-11(8-12)19(24)25/h1-8,10,14,20H,9H2,(H,24,25). The van der Waals surface area contributed by atoms with Gasteiger partial charge in [0.05, 0.1) is 17.2 Å². The van der Waals surface area contributed by atoms with Crippen LogP contribution < -0.4 is 4.90 Å². The molecule has 1 fully saturated rings. The zero-order chi connectivity index (χ0) is 17.6. The van der Waals surface area contributed by atoms with E-state index in [0.717, 1.165) is 21.4 Å². The Hall–Kier alpha value is -3.41. The number of para-hydroxylation sites is 1. The highest BCUT2D eigenvalue weighted by Gasteiger charge is 2.41. The Morgan fingerprint density at radius 2 is 1.92 bits per heavy atom. The van der Waals surface area contributed by atoms with E-state index < -0.39 is 11.9 Å². The topological polar surface area (TPSA) is 90.5 Å². The lowest BCUT2D eigenvalue weighted by Crippen LogP contribution is -2.30. The van der Waals surface area contributed by atoms with E-state index in [1.807, 2.05) is 24.3 Å². The summed E-state index contributed by atoms with van der Waals surface area (Å²) < 4.78 is 0. The predicted molar refractivity (Wildman–Crippen MR) is 91.6 cm³/mol. The summed E-state index contributed by atoms with van der Waals surface area (Å²) in [6.07, 6.45) is 1.83. The van der Waals surface area contributed by atoms with Crippen LogP contribution in [0.4, 0.5) is 5.69 Å². The molecule has 1 saturated heterocycles. The summed E-state index contributed by atoms with van der Waals surface area (Å²) in [5, 5.41) is 10.0. The summed E-state index contributed by atoms with van der Waals surface area (Å²) in [6.45, 7) is 0. The maximum absolute atomic E-state index is 12.9. The number of benzene rings is 2. The number of aromatic amines is 1. The zero-order valence-corrected chi connectivity index (χ0v) is 13.1. The van der Waals surface area contributed by atoms with Crippen LogP contribution >= 0.6 is 0 Å². The van der Waals surface area contributed by atoms with Gasteiger partial charge in [-0.05, 0) is 29.8 Å². The van der Waals surface area contributed by atoms with Gasteiger partial charge in [0.1, 0.15) is 0 Å². The molecule has 2 aromatic carbocycles. The zero-order valence-electron chi connectivity index (χ0n) is 13.1. The molecule has 6 nitrogen and oxygen atoms in total. The Morgan fingerprint density at radius 3 is 2.72 bits per heavy atom. The molecule has 0 aliphatic carbocycles. The van der Waals surface area contributed by atoms with Gasteiger partial charge in [-0.3, -0.25) is 9.59 Å². The Bertz CT molecular complexity index is 1020. The smallest absolute Gasteiger partial charge is 0.335 e. The van der Waals surface area contributed by atoms with E-state index >= 15 is 0 Å².